The maximum atomic E-state index is 12.4. The normalized spacial score (nSPS) is 14.5. The predicted molar refractivity (Wildman–Crippen MR) is 107 cm³/mol. The molecule has 0 bridgehead atoms. The molecule has 2 aromatic rings. The van der Waals surface area contributed by atoms with Crippen LogP contribution < -0.4 is 4.74 Å². The fraction of sp³-hybridized carbons (Fsp3) is 0.524. The molecule has 0 spiro atoms. The number of hydrogen-bond acceptors (Lipinski definition) is 4. The third-order valence-electron chi connectivity index (χ3n) is 3.94. The van der Waals surface area contributed by atoms with Crippen molar-refractivity contribution in [2.75, 3.05) is 19.7 Å². The molecule has 0 fully saturated rings. The first-order chi connectivity index (χ1) is 12.9. The van der Waals surface area contributed by atoms with E-state index < -0.39 is 5.60 Å². The SMILES string of the molecule is CC.CC(C)(C)OC(=O)N1CCCc2nccn2-c2ccccc2OCC1. The summed E-state index contributed by atoms with van der Waals surface area (Å²) in [5.74, 6) is 1.75. The number of fused-ring (bicyclic) bond motifs is 3. The molecule has 0 saturated heterocycles. The van der Waals surface area contributed by atoms with Gasteiger partial charge in [0.05, 0.1) is 12.2 Å². The van der Waals surface area contributed by atoms with Crippen molar-refractivity contribution >= 4 is 6.09 Å². The molecular formula is C21H31N3O3. The van der Waals surface area contributed by atoms with Crippen LogP contribution in [-0.4, -0.2) is 45.8 Å². The first kappa shape index (κ1) is 20.8. The van der Waals surface area contributed by atoms with E-state index in [2.05, 4.69) is 9.55 Å². The van der Waals surface area contributed by atoms with Crippen LogP contribution in [-0.2, 0) is 11.2 Å². The molecule has 0 radical (unpaired) electrons. The Morgan fingerprint density at radius 3 is 2.67 bits per heavy atom. The van der Waals surface area contributed by atoms with Crippen molar-refractivity contribution < 1.29 is 14.3 Å². The average Bonchev–Trinajstić information content (AvgIpc) is 3.08. The van der Waals surface area contributed by atoms with Crippen molar-refractivity contribution in [2.24, 2.45) is 0 Å². The Morgan fingerprint density at radius 2 is 1.93 bits per heavy atom. The molecule has 0 N–H and O–H groups in total. The second-order valence-corrected chi connectivity index (χ2v) is 7.10. The molecule has 3 rings (SSSR count). The molecular weight excluding hydrogens is 342 g/mol. The molecule has 0 atom stereocenters. The van der Waals surface area contributed by atoms with E-state index in [1.54, 1.807) is 11.1 Å². The summed E-state index contributed by atoms with van der Waals surface area (Å²) < 4.78 is 13.5. The number of aromatic nitrogens is 2. The van der Waals surface area contributed by atoms with Crippen LogP contribution in [0.25, 0.3) is 5.69 Å². The zero-order chi connectivity index (χ0) is 19.9. The van der Waals surface area contributed by atoms with Crippen molar-refractivity contribution in [2.45, 2.75) is 53.1 Å². The monoisotopic (exact) mass is 373 g/mol. The Morgan fingerprint density at radius 1 is 1.19 bits per heavy atom. The highest BCUT2D eigenvalue weighted by Gasteiger charge is 2.23. The topological polar surface area (TPSA) is 56.6 Å². The van der Waals surface area contributed by atoms with Crippen molar-refractivity contribution in [3.8, 4) is 11.4 Å². The fourth-order valence-electron chi connectivity index (χ4n) is 2.83. The second kappa shape index (κ2) is 9.44. The van der Waals surface area contributed by atoms with Crippen LogP contribution in [0, 0.1) is 0 Å². The Balaban J connectivity index is 0.00000126. The summed E-state index contributed by atoms with van der Waals surface area (Å²) in [6.07, 6.45) is 5.04. The molecule has 148 valence electrons. The van der Waals surface area contributed by atoms with E-state index in [1.165, 1.54) is 0 Å². The molecule has 0 unspecified atom stereocenters. The molecule has 0 saturated carbocycles. The lowest BCUT2D eigenvalue weighted by molar-refractivity contribution is 0.0224. The Hall–Kier alpha value is -2.50. The number of benzene rings is 1. The predicted octanol–water partition coefficient (Wildman–Crippen LogP) is 4.46. The third kappa shape index (κ3) is 5.74. The number of hydrogen-bond donors (Lipinski definition) is 0. The minimum atomic E-state index is -0.507. The van der Waals surface area contributed by atoms with Crippen LogP contribution in [0.2, 0.25) is 0 Å². The van der Waals surface area contributed by atoms with Crippen molar-refractivity contribution in [3.05, 3.63) is 42.5 Å². The molecule has 0 aliphatic carbocycles. The van der Waals surface area contributed by atoms with Gasteiger partial charge in [0.2, 0.25) is 0 Å². The Bertz CT molecular complexity index is 734. The van der Waals surface area contributed by atoms with Gasteiger partial charge in [-0.3, -0.25) is 0 Å². The summed E-state index contributed by atoms with van der Waals surface area (Å²) in [6.45, 7) is 11.1. The van der Waals surface area contributed by atoms with Crippen LogP contribution in [0.15, 0.2) is 36.7 Å². The van der Waals surface area contributed by atoms with Gasteiger partial charge in [-0.05, 0) is 39.3 Å². The minimum Gasteiger partial charge on any atom is -0.490 e. The second-order valence-electron chi connectivity index (χ2n) is 7.10. The molecule has 1 amide bonds. The highest BCUT2D eigenvalue weighted by atomic mass is 16.6. The highest BCUT2D eigenvalue weighted by Crippen LogP contribution is 2.25. The Kier molecular flexibility index (Phi) is 7.28. The number of rotatable bonds is 0. The highest BCUT2D eigenvalue weighted by molar-refractivity contribution is 5.68. The summed E-state index contributed by atoms with van der Waals surface area (Å²) in [6, 6.07) is 7.89. The summed E-state index contributed by atoms with van der Waals surface area (Å²) >= 11 is 0. The standard InChI is InChI=1S/C19H25N3O3.C2H6/c1-19(2,3)25-18(23)21-11-6-9-17-20-10-12-22(17)15-7-4-5-8-16(15)24-14-13-21;1-2/h4-5,7-8,10,12H,6,9,11,13-14H2,1-3H3;1-2H3. The maximum absolute atomic E-state index is 12.4. The van der Waals surface area contributed by atoms with Crippen LogP contribution in [0.3, 0.4) is 0 Å². The van der Waals surface area contributed by atoms with E-state index in [0.29, 0.717) is 19.7 Å². The van der Waals surface area contributed by atoms with Crippen LogP contribution >= 0.6 is 0 Å². The Labute approximate surface area is 162 Å². The van der Waals surface area contributed by atoms with Gasteiger partial charge < -0.3 is 18.9 Å². The van der Waals surface area contributed by atoms with Gasteiger partial charge in [-0.2, -0.15) is 0 Å². The van der Waals surface area contributed by atoms with Gasteiger partial charge >= 0.3 is 6.09 Å². The van der Waals surface area contributed by atoms with E-state index >= 15 is 0 Å². The van der Waals surface area contributed by atoms with E-state index in [-0.39, 0.29) is 6.09 Å². The number of amides is 1. The van der Waals surface area contributed by atoms with Gasteiger partial charge in [0, 0.05) is 25.4 Å². The lowest BCUT2D eigenvalue weighted by atomic mass is 10.2. The van der Waals surface area contributed by atoms with Gasteiger partial charge in [-0.15, -0.1) is 0 Å². The number of imidazole rings is 1. The van der Waals surface area contributed by atoms with E-state index in [9.17, 15) is 4.79 Å². The molecule has 1 aromatic heterocycles. The van der Waals surface area contributed by atoms with Crippen molar-refractivity contribution in [1.29, 1.82) is 0 Å². The molecule has 1 aromatic carbocycles. The molecule has 27 heavy (non-hydrogen) atoms. The first-order valence-corrected chi connectivity index (χ1v) is 9.66. The lowest BCUT2D eigenvalue weighted by Gasteiger charge is -2.27. The first-order valence-electron chi connectivity index (χ1n) is 9.66. The summed E-state index contributed by atoms with van der Waals surface area (Å²) in [5, 5.41) is 0. The van der Waals surface area contributed by atoms with E-state index in [1.807, 2.05) is 65.1 Å². The number of nitrogens with zero attached hydrogens (tertiary/aromatic N) is 3. The summed E-state index contributed by atoms with van der Waals surface area (Å²) in [4.78, 5) is 18.6. The number of carbonyl (C=O) groups excluding carboxylic acids is 1. The van der Waals surface area contributed by atoms with Crippen molar-refractivity contribution in [3.63, 3.8) is 0 Å². The largest absolute Gasteiger partial charge is 0.490 e. The fourth-order valence-corrected chi connectivity index (χ4v) is 2.83. The molecule has 2 heterocycles. The molecule has 1 aliphatic heterocycles. The van der Waals surface area contributed by atoms with E-state index in [4.69, 9.17) is 9.47 Å². The zero-order valence-corrected chi connectivity index (χ0v) is 17.1. The summed E-state index contributed by atoms with van der Waals surface area (Å²) in [7, 11) is 0. The number of para-hydroxylation sites is 2. The van der Waals surface area contributed by atoms with Gasteiger partial charge in [0.1, 0.15) is 23.8 Å². The van der Waals surface area contributed by atoms with Crippen LogP contribution in [0.4, 0.5) is 4.79 Å². The lowest BCUT2D eigenvalue weighted by Crippen LogP contribution is -2.39. The summed E-state index contributed by atoms with van der Waals surface area (Å²) in [5.41, 5.74) is 0.466. The molecule has 6 heteroatoms. The van der Waals surface area contributed by atoms with Crippen molar-refractivity contribution in [1.82, 2.24) is 14.5 Å². The van der Waals surface area contributed by atoms with Gasteiger partial charge in [0.15, 0.2) is 0 Å². The molecule has 6 nitrogen and oxygen atoms in total. The van der Waals surface area contributed by atoms with Gasteiger partial charge in [0.25, 0.3) is 0 Å². The van der Waals surface area contributed by atoms with Gasteiger partial charge in [-0.1, -0.05) is 26.0 Å². The minimum absolute atomic E-state index is 0.299. The third-order valence-corrected chi connectivity index (χ3v) is 3.94. The molecule has 1 aliphatic rings. The van der Waals surface area contributed by atoms with Gasteiger partial charge in [-0.25, -0.2) is 9.78 Å². The average molecular weight is 373 g/mol. The van der Waals surface area contributed by atoms with Crippen LogP contribution in [0.5, 0.6) is 5.75 Å². The number of carbonyl (C=O) groups is 1. The van der Waals surface area contributed by atoms with Crippen LogP contribution in [0.1, 0.15) is 46.9 Å². The maximum Gasteiger partial charge on any atom is 0.410 e. The van der Waals surface area contributed by atoms with E-state index in [0.717, 1.165) is 30.1 Å². The quantitative estimate of drug-likeness (QED) is 0.684. The number of aryl methyl sites for hydroxylation is 1. The zero-order valence-electron chi connectivity index (χ0n) is 17.1. The smallest absolute Gasteiger partial charge is 0.410 e. The number of ether oxygens (including phenoxy) is 2.